The Kier molecular flexibility index (Phi) is 7.34. The van der Waals surface area contributed by atoms with E-state index in [0.29, 0.717) is 12.1 Å². The van der Waals surface area contributed by atoms with Crippen LogP contribution in [0.4, 0.5) is 0 Å². The van der Waals surface area contributed by atoms with Gasteiger partial charge in [-0.3, -0.25) is 4.79 Å². The Morgan fingerprint density at radius 2 is 1.97 bits per heavy atom. The zero-order valence-electron chi connectivity index (χ0n) is 17.2. The van der Waals surface area contributed by atoms with Gasteiger partial charge in [0.25, 0.3) is 5.91 Å². The lowest BCUT2D eigenvalue weighted by atomic mass is 9.64. The highest BCUT2D eigenvalue weighted by Gasteiger charge is 2.39. The Hall–Kier alpha value is -1.74. The molecule has 6 nitrogen and oxygen atoms in total. The highest BCUT2D eigenvalue weighted by atomic mass is 79.9. The Balaban J connectivity index is 1.75. The number of aryl methyl sites for hydroxylation is 1. The molecule has 1 amide bonds. The van der Waals surface area contributed by atoms with E-state index in [2.05, 4.69) is 38.1 Å². The van der Waals surface area contributed by atoms with E-state index < -0.39 is 10.0 Å². The molecular formula is C22H27BrN2O4S. The number of benzene rings is 2. The molecule has 0 radical (unpaired) electrons. The number of ether oxygens (including phenoxy) is 1. The van der Waals surface area contributed by atoms with Crippen LogP contribution in [0.15, 0.2) is 51.8 Å². The number of methoxy groups -OCH3 is 1. The summed E-state index contributed by atoms with van der Waals surface area (Å²) in [5, 5.41) is 3.04. The molecule has 3 rings (SSSR count). The number of rotatable bonds is 9. The van der Waals surface area contributed by atoms with Gasteiger partial charge in [-0.25, -0.2) is 13.1 Å². The van der Waals surface area contributed by atoms with Gasteiger partial charge in [0.2, 0.25) is 10.0 Å². The third-order valence-corrected chi connectivity index (χ3v) is 7.65. The number of carbonyl (C=O) groups excluding carboxylic acids is 1. The van der Waals surface area contributed by atoms with Crippen molar-refractivity contribution in [3.05, 3.63) is 63.6 Å². The topological polar surface area (TPSA) is 84.5 Å². The summed E-state index contributed by atoms with van der Waals surface area (Å²) >= 11 is 3.53. The number of carbonyl (C=O) groups is 1. The number of amides is 1. The Bertz CT molecular complexity index is 1020. The highest BCUT2D eigenvalue weighted by molar-refractivity contribution is 9.10. The van der Waals surface area contributed by atoms with Crippen LogP contribution >= 0.6 is 15.9 Å². The SMILES string of the molecule is COCCNS(=O)(=O)c1ccc(C)c(C(=O)NCC2(c3cccc(Br)c3)CCC2)c1. The fourth-order valence-corrected chi connectivity index (χ4v) is 5.15. The summed E-state index contributed by atoms with van der Waals surface area (Å²) in [4.78, 5) is 13.0. The van der Waals surface area contributed by atoms with Crippen LogP contribution in [0.2, 0.25) is 0 Å². The maximum atomic E-state index is 12.9. The second kappa shape index (κ2) is 9.60. The molecule has 0 saturated heterocycles. The molecule has 0 aromatic heterocycles. The fourth-order valence-electron chi connectivity index (χ4n) is 3.71. The van der Waals surface area contributed by atoms with Crippen molar-refractivity contribution in [1.29, 1.82) is 0 Å². The monoisotopic (exact) mass is 494 g/mol. The Morgan fingerprint density at radius 3 is 2.60 bits per heavy atom. The molecule has 30 heavy (non-hydrogen) atoms. The average molecular weight is 495 g/mol. The molecule has 1 fully saturated rings. The van der Waals surface area contributed by atoms with Crippen molar-refractivity contribution >= 4 is 31.9 Å². The first kappa shape index (κ1) is 22.9. The second-order valence-electron chi connectivity index (χ2n) is 7.69. The van der Waals surface area contributed by atoms with Crippen LogP contribution in [-0.4, -0.2) is 41.1 Å². The largest absolute Gasteiger partial charge is 0.383 e. The lowest BCUT2D eigenvalue weighted by molar-refractivity contribution is 0.0927. The predicted molar refractivity (Wildman–Crippen MR) is 120 cm³/mol. The van der Waals surface area contributed by atoms with E-state index in [0.717, 1.165) is 29.3 Å². The van der Waals surface area contributed by atoms with Crippen LogP contribution in [0.3, 0.4) is 0 Å². The first-order valence-corrected chi connectivity index (χ1v) is 12.2. The van der Waals surface area contributed by atoms with Crippen LogP contribution in [0, 0.1) is 6.92 Å². The third-order valence-electron chi connectivity index (χ3n) is 5.70. The van der Waals surface area contributed by atoms with Crippen molar-refractivity contribution < 1.29 is 17.9 Å². The second-order valence-corrected chi connectivity index (χ2v) is 10.4. The molecule has 0 unspecified atom stereocenters. The van der Waals surface area contributed by atoms with Gasteiger partial charge in [0.05, 0.1) is 11.5 Å². The molecule has 0 heterocycles. The molecule has 2 aromatic rings. The summed E-state index contributed by atoms with van der Waals surface area (Å²) in [5.74, 6) is -0.261. The minimum atomic E-state index is -3.71. The van der Waals surface area contributed by atoms with Crippen molar-refractivity contribution in [3.63, 3.8) is 0 Å². The van der Waals surface area contributed by atoms with Gasteiger partial charge in [-0.1, -0.05) is 40.5 Å². The van der Waals surface area contributed by atoms with E-state index in [4.69, 9.17) is 4.74 Å². The lowest BCUT2D eigenvalue weighted by Crippen LogP contribution is -2.45. The molecule has 0 spiro atoms. The van der Waals surface area contributed by atoms with E-state index in [-0.39, 0.29) is 29.4 Å². The van der Waals surface area contributed by atoms with Gasteiger partial charge in [0, 0.05) is 35.7 Å². The lowest BCUT2D eigenvalue weighted by Gasteiger charge is -2.42. The zero-order valence-corrected chi connectivity index (χ0v) is 19.6. The molecule has 0 atom stereocenters. The van der Waals surface area contributed by atoms with Crippen LogP contribution in [0.1, 0.15) is 40.7 Å². The summed E-state index contributed by atoms with van der Waals surface area (Å²) in [6, 6.07) is 12.8. The Morgan fingerprint density at radius 1 is 1.20 bits per heavy atom. The number of halogens is 1. The van der Waals surface area contributed by atoms with E-state index in [9.17, 15) is 13.2 Å². The smallest absolute Gasteiger partial charge is 0.251 e. The third kappa shape index (κ3) is 5.11. The molecule has 0 bridgehead atoms. The molecule has 2 aromatic carbocycles. The minimum absolute atomic E-state index is 0.0692. The first-order chi connectivity index (χ1) is 14.3. The number of hydrogen-bond donors (Lipinski definition) is 2. The summed E-state index contributed by atoms with van der Waals surface area (Å²) in [6.07, 6.45) is 3.16. The Labute approximate surface area is 186 Å². The van der Waals surface area contributed by atoms with Gasteiger partial charge >= 0.3 is 0 Å². The van der Waals surface area contributed by atoms with Gasteiger partial charge in [-0.15, -0.1) is 0 Å². The molecule has 8 heteroatoms. The van der Waals surface area contributed by atoms with Crippen LogP contribution in [0.25, 0.3) is 0 Å². The van der Waals surface area contributed by atoms with Crippen molar-refractivity contribution in [2.24, 2.45) is 0 Å². The summed E-state index contributed by atoms with van der Waals surface area (Å²) < 4.78 is 33.3. The molecule has 2 N–H and O–H groups in total. The minimum Gasteiger partial charge on any atom is -0.383 e. The van der Waals surface area contributed by atoms with E-state index >= 15 is 0 Å². The van der Waals surface area contributed by atoms with Gasteiger partial charge in [-0.2, -0.15) is 0 Å². The molecule has 1 aliphatic carbocycles. The normalized spacial score (nSPS) is 15.4. The van der Waals surface area contributed by atoms with Crippen molar-refractivity contribution in [3.8, 4) is 0 Å². The molecule has 0 aliphatic heterocycles. The molecule has 1 aliphatic rings. The van der Waals surface area contributed by atoms with Crippen molar-refractivity contribution in [1.82, 2.24) is 10.0 Å². The average Bonchev–Trinajstić information content (AvgIpc) is 2.67. The fraction of sp³-hybridized carbons (Fsp3) is 0.409. The zero-order chi connectivity index (χ0) is 21.8. The maximum absolute atomic E-state index is 12.9. The highest BCUT2D eigenvalue weighted by Crippen LogP contribution is 2.43. The number of nitrogens with one attached hydrogen (secondary N) is 2. The number of hydrogen-bond acceptors (Lipinski definition) is 4. The van der Waals surface area contributed by atoms with Crippen molar-refractivity contribution in [2.75, 3.05) is 26.8 Å². The van der Waals surface area contributed by atoms with E-state index in [1.807, 2.05) is 12.1 Å². The summed E-state index contributed by atoms with van der Waals surface area (Å²) in [6.45, 7) is 2.77. The van der Waals surface area contributed by atoms with E-state index in [1.54, 1.807) is 13.0 Å². The number of sulfonamides is 1. The standard InChI is InChI=1S/C22H27BrN2O4S/c1-16-7-8-19(30(27,28)25-11-12-29-2)14-20(16)21(26)24-15-22(9-4-10-22)17-5-3-6-18(23)13-17/h3,5-8,13-14,25H,4,9-12,15H2,1-2H3,(H,24,26). The van der Waals surface area contributed by atoms with Crippen molar-refractivity contribution in [2.45, 2.75) is 36.5 Å². The summed E-state index contributed by atoms with van der Waals surface area (Å²) in [5.41, 5.74) is 2.24. The maximum Gasteiger partial charge on any atom is 0.251 e. The van der Waals surface area contributed by atoms with Gasteiger partial charge in [0.15, 0.2) is 0 Å². The predicted octanol–water partition coefficient (Wildman–Crippen LogP) is 3.53. The molecule has 162 valence electrons. The molecule has 1 saturated carbocycles. The first-order valence-electron chi connectivity index (χ1n) is 9.91. The van der Waals surface area contributed by atoms with E-state index in [1.165, 1.54) is 24.8 Å². The van der Waals surface area contributed by atoms with Gasteiger partial charge < -0.3 is 10.1 Å². The summed E-state index contributed by atoms with van der Waals surface area (Å²) in [7, 11) is -2.20. The van der Waals surface area contributed by atoms with Crippen LogP contribution in [-0.2, 0) is 20.2 Å². The van der Waals surface area contributed by atoms with Crippen LogP contribution < -0.4 is 10.0 Å². The van der Waals surface area contributed by atoms with Gasteiger partial charge in [0.1, 0.15) is 0 Å². The molecular weight excluding hydrogens is 468 g/mol. The van der Waals surface area contributed by atoms with Gasteiger partial charge in [-0.05, 0) is 55.2 Å². The quantitative estimate of drug-likeness (QED) is 0.522. The van der Waals surface area contributed by atoms with Crippen LogP contribution in [0.5, 0.6) is 0 Å².